The third kappa shape index (κ3) is 3.45. The first kappa shape index (κ1) is 16.6. The molecule has 2 aromatic heterocycles. The van der Waals surface area contributed by atoms with Crippen LogP contribution >= 0.6 is 11.8 Å². The summed E-state index contributed by atoms with van der Waals surface area (Å²) in [5.74, 6) is 1.40. The molecule has 0 radical (unpaired) electrons. The van der Waals surface area contributed by atoms with E-state index in [0.717, 1.165) is 24.5 Å². The lowest BCUT2D eigenvalue weighted by Gasteiger charge is -2.10. The van der Waals surface area contributed by atoms with Crippen LogP contribution < -0.4 is 0 Å². The Morgan fingerprint density at radius 3 is 2.58 bits per heavy atom. The molecule has 0 saturated heterocycles. The fraction of sp³-hybridized carbons (Fsp3) is 0.267. The summed E-state index contributed by atoms with van der Waals surface area (Å²) in [6.07, 6.45) is 0.660. The maximum atomic E-state index is 12.7. The lowest BCUT2D eigenvalue weighted by molar-refractivity contribution is -0.137. The molecule has 0 bridgehead atoms. The van der Waals surface area contributed by atoms with E-state index >= 15 is 0 Å². The fourth-order valence-corrected chi connectivity index (χ4v) is 3.11. The first-order valence-electron chi connectivity index (χ1n) is 7.19. The van der Waals surface area contributed by atoms with Crippen LogP contribution in [0.1, 0.15) is 18.3 Å². The van der Waals surface area contributed by atoms with Gasteiger partial charge in [-0.1, -0.05) is 11.8 Å². The summed E-state index contributed by atoms with van der Waals surface area (Å²) in [6.45, 7) is 2.77. The fourth-order valence-electron chi connectivity index (χ4n) is 2.19. The molecular weight excluding hydrogens is 339 g/mol. The van der Waals surface area contributed by atoms with Gasteiger partial charge in [0.05, 0.1) is 11.3 Å². The molecule has 126 valence electrons. The minimum absolute atomic E-state index is 0.575. The van der Waals surface area contributed by atoms with Gasteiger partial charge in [0.2, 0.25) is 0 Å². The monoisotopic (exact) mass is 353 g/mol. The molecule has 0 fully saturated rings. The summed E-state index contributed by atoms with van der Waals surface area (Å²) in [4.78, 5) is 4.26. The van der Waals surface area contributed by atoms with Gasteiger partial charge < -0.3 is 4.57 Å². The minimum atomic E-state index is -4.34. The maximum Gasteiger partial charge on any atom is 0.416 e. The van der Waals surface area contributed by atoms with Crippen LogP contribution in [0, 0.1) is 0 Å². The van der Waals surface area contributed by atoms with Crippen molar-refractivity contribution in [2.24, 2.45) is 0 Å². The Morgan fingerprint density at radius 2 is 1.92 bits per heavy atom. The quantitative estimate of drug-likeness (QED) is 0.655. The summed E-state index contributed by atoms with van der Waals surface area (Å²) in [5, 5.41) is 8.61. The van der Waals surface area contributed by atoms with Crippen molar-refractivity contribution in [1.29, 1.82) is 0 Å². The van der Waals surface area contributed by atoms with E-state index in [1.165, 1.54) is 23.9 Å². The molecule has 0 atom stereocenters. The Balaban J connectivity index is 1.78. The third-order valence-electron chi connectivity index (χ3n) is 3.45. The highest BCUT2D eigenvalue weighted by molar-refractivity contribution is 7.98. The average Bonchev–Trinajstić information content (AvgIpc) is 3.20. The van der Waals surface area contributed by atoms with Crippen molar-refractivity contribution in [1.82, 2.24) is 24.3 Å². The second-order valence-corrected chi connectivity index (χ2v) is 5.89. The highest BCUT2D eigenvalue weighted by Crippen LogP contribution is 2.30. The summed E-state index contributed by atoms with van der Waals surface area (Å²) in [7, 11) is 0. The van der Waals surface area contributed by atoms with Crippen molar-refractivity contribution in [3.05, 3.63) is 54.4 Å². The van der Waals surface area contributed by atoms with Gasteiger partial charge in [0.1, 0.15) is 12.2 Å². The molecule has 0 unspecified atom stereocenters. The van der Waals surface area contributed by atoms with Gasteiger partial charge in [-0.2, -0.15) is 13.2 Å². The first-order valence-corrected chi connectivity index (χ1v) is 8.18. The summed E-state index contributed by atoms with van der Waals surface area (Å²) < 4.78 is 41.6. The molecule has 0 saturated carbocycles. The average molecular weight is 353 g/mol. The highest BCUT2D eigenvalue weighted by atomic mass is 32.2. The van der Waals surface area contributed by atoms with E-state index < -0.39 is 11.7 Å². The van der Waals surface area contributed by atoms with Crippen LogP contribution in [0.4, 0.5) is 13.2 Å². The Labute approximate surface area is 140 Å². The molecule has 0 aliphatic carbocycles. The summed E-state index contributed by atoms with van der Waals surface area (Å²) in [5.41, 5.74) is -0.0448. The van der Waals surface area contributed by atoms with Gasteiger partial charge in [0.25, 0.3) is 0 Å². The molecule has 1 aromatic carbocycles. The number of thioether (sulfide) groups is 1. The van der Waals surface area contributed by atoms with Gasteiger partial charge in [-0.3, -0.25) is 4.57 Å². The third-order valence-corrected chi connectivity index (χ3v) is 4.41. The number of aromatic nitrogens is 5. The Bertz CT molecular complexity index is 807. The lowest BCUT2D eigenvalue weighted by atomic mass is 10.2. The normalized spacial score (nSPS) is 11.8. The van der Waals surface area contributed by atoms with Gasteiger partial charge in [-0.05, 0) is 31.2 Å². The number of alkyl halides is 3. The van der Waals surface area contributed by atoms with E-state index in [9.17, 15) is 13.2 Å². The predicted octanol–water partition coefficient (Wildman–Crippen LogP) is 3.79. The van der Waals surface area contributed by atoms with Gasteiger partial charge in [0.15, 0.2) is 5.16 Å². The Morgan fingerprint density at radius 1 is 1.17 bits per heavy atom. The van der Waals surface area contributed by atoms with Crippen molar-refractivity contribution in [2.75, 3.05) is 0 Å². The largest absolute Gasteiger partial charge is 0.416 e. The first-order chi connectivity index (χ1) is 11.5. The zero-order valence-corrected chi connectivity index (χ0v) is 13.6. The van der Waals surface area contributed by atoms with E-state index in [1.54, 1.807) is 23.3 Å². The van der Waals surface area contributed by atoms with Crippen molar-refractivity contribution < 1.29 is 13.2 Å². The van der Waals surface area contributed by atoms with Crippen LogP contribution in [0.15, 0.2) is 48.1 Å². The van der Waals surface area contributed by atoms with E-state index in [1.807, 2.05) is 11.5 Å². The van der Waals surface area contributed by atoms with Crippen LogP contribution in [0.2, 0.25) is 0 Å². The minimum Gasteiger partial charge on any atom is -0.317 e. The standard InChI is InChI=1S/C15H14F3N5S/c1-2-22-10-20-21-13(22)9-24-14-19-7-8-23(14)12-5-3-11(4-6-12)15(16,17)18/h3-8,10H,2,9H2,1H3. The molecule has 0 spiro atoms. The molecule has 5 nitrogen and oxygen atoms in total. The van der Waals surface area contributed by atoms with Gasteiger partial charge in [0, 0.05) is 24.6 Å². The molecule has 0 amide bonds. The van der Waals surface area contributed by atoms with Crippen molar-refractivity contribution in [3.8, 4) is 5.69 Å². The van der Waals surface area contributed by atoms with Crippen LogP contribution in [-0.4, -0.2) is 24.3 Å². The zero-order valence-electron chi connectivity index (χ0n) is 12.7. The van der Waals surface area contributed by atoms with E-state index in [2.05, 4.69) is 15.2 Å². The topological polar surface area (TPSA) is 48.5 Å². The molecule has 3 aromatic rings. The van der Waals surface area contributed by atoms with E-state index in [-0.39, 0.29) is 0 Å². The van der Waals surface area contributed by atoms with Crippen LogP contribution in [-0.2, 0) is 18.5 Å². The predicted molar refractivity (Wildman–Crippen MR) is 83.8 cm³/mol. The maximum absolute atomic E-state index is 12.7. The number of hydrogen-bond acceptors (Lipinski definition) is 4. The zero-order chi connectivity index (χ0) is 17.2. The number of hydrogen-bond donors (Lipinski definition) is 0. The van der Waals surface area contributed by atoms with E-state index in [4.69, 9.17) is 0 Å². The second-order valence-electron chi connectivity index (χ2n) is 4.95. The number of benzene rings is 1. The van der Waals surface area contributed by atoms with Gasteiger partial charge in [-0.15, -0.1) is 10.2 Å². The molecule has 0 N–H and O–H groups in total. The smallest absolute Gasteiger partial charge is 0.317 e. The molecular formula is C15H14F3N5S. The summed E-state index contributed by atoms with van der Waals surface area (Å²) >= 11 is 1.45. The van der Waals surface area contributed by atoms with Crippen molar-refractivity contribution >= 4 is 11.8 Å². The number of halogens is 3. The lowest BCUT2D eigenvalue weighted by Crippen LogP contribution is -2.05. The van der Waals surface area contributed by atoms with Gasteiger partial charge in [-0.25, -0.2) is 4.98 Å². The van der Waals surface area contributed by atoms with Crippen LogP contribution in [0.5, 0.6) is 0 Å². The van der Waals surface area contributed by atoms with Crippen molar-refractivity contribution in [3.63, 3.8) is 0 Å². The SMILES string of the molecule is CCn1cnnc1CSc1nccn1-c1ccc(C(F)(F)F)cc1. The van der Waals surface area contributed by atoms with Crippen LogP contribution in [0.3, 0.4) is 0 Å². The van der Waals surface area contributed by atoms with Crippen LogP contribution in [0.25, 0.3) is 5.69 Å². The Kier molecular flexibility index (Phi) is 4.61. The van der Waals surface area contributed by atoms with Gasteiger partial charge >= 0.3 is 6.18 Å². The van der Waals surface area contributed by atoms with Crippen molar-refractivity contribution in [2.45, 2.75) is 30.6 Å². The number of nitrogens with zero attached hydrogens (tertiary/aromatic N) is 5. The molecule has 24 heavy (non-hydrogen) atoms. The number of rotatable bonds is 5. The number of imidazole rings is 1. The molecule has 3 rings (SSSR count). The molecule has 9 heteroatoms. The molecule has 0 aliphatic heterocycles. The van der Waals surface area contributed by atoms with E-state index in [0.29, 0.717) is 16.6 Å². The number of aryl methyl sites for hydroxylation is 1. The second kappa shape index (κ2) is 6.68. The molecule has 2 heterocycles. The highest BCUT2D eigenvalue weighted by Gasteiger charge is 2.30. The Hall–Kier alpha value is -2.29. The summed E-state index contributed by atoms with van der Waals surface area (Å²) in [6, 6.07) is 5.00. The molecule has 0 aliphatic rings.